The van der Waals surface area contributed by atoms with Gasteiger partial charge in [0.1, 0.15) is 5.76 Å². The van der Waals surface area contributed by atoms with Crippen molar-refractivity contribution in [3.05, 3.63) is 53.5 Å². The standard InChI is InChI=1S/C21H26N2O4/c1-15-5-7-17(8-6-15)22-20(24)9-11-23(14-18-4-3-12-27-18)21(25)19-10-13-26-16(19)2/h5-8,10,13,18H,3-4,9,11-12,14H2,1-2H3,(H,22,24). The molecule has 1 fully saturated rings. The molecule has 0 bridgehead atoms. The summed E-state index contributed by atoms with van der Waals surface area (Å²) in [7, 11) is 0. The van der Waals surface area contributed by atoms with Crippen LogP contribution in [0.4, 0.5) is 5.69 Å². The van der Waals surface area contributed by atoms with Gasteiger partial charge in [-0.15, -0.1) is 0 Å². The van der Waals surface area contributed by atoms with E-state index in [9.17, 15) is 9.59 Å². The highest BCUT2D eigenvalue weighted by Crippen LogP contribution is 2.18. The summed E-state index contributed by atoms with van der Waals surface area (Å²) in [4.78, 5) is 26.9. The molecule has 3 rings (SSSR count). The van der Waals surface area contributed by atoms with Crippen LogP contribution in [0.5, 0.6) is 0 Å². The molecule has 2 amide bonds. The highest BCUT2D eigenvalue weighted by Gasteiger charge is 2.25. The number of carbonyl (C=O) groups excluding carboxylic acids is 2. The molecule has 2 heterocycles. The normalized spacial score (nSPS) is 16.3. The molecule has 1 aromatic heterocycles. The predicted octanol–water partition coefficient (Wildman–Crippen LogP) is 3.55. The van der Waals surface area contributed by atoms with Crippen LogP contribution >= 0.6 is 0 Å². The van der Waals surface area contributed by atoms with Crippen molar-refractivity contribution in [2.45, 2.75) is 39.2 Å². The van der Waals surface area contributed by atoms with Gasteiger partial charge in [-0.2, -0.15) is 0 Å². The maximum absolute atomic E-state index is 12.9. The molecule has 0 saturated carbocycles. The molecule has 1 saturated heterocycles. The lowest BCUT2D eigenvalue weighted by molar-refractivity contribution is -0.116. The summed E-state index contributed by atoms with van der Waals surface area (Å²) in [5.41, 5.74) is 2.43. The van der Waals surface area contributed by atoms with Crippen molar-refractivity contribution in [2.75, 3.05) is 25.0 Å². The number of carbonyl (C=O) groups is 2. The molecular formula is C21H26N2O4. The van der Waals surface area contributed by atoms with Crippen LogP contribution in [-0.2, 0) is 9.53 Å². The van der Waals surface area contributed by atoms with Gasteiger partial charge in [-0.05, 0) is 44.9 Å². The Morgan fingerprint density at radius 2 is 1.96 bits per heavy atom. The molecule has 2 aromatic rings. The van der Waals surface area contributed by atoms with Crippen molar-refractivity contribution in [3.8, 4) is 0 Å². The zero-order valence-electron chi connectivity index (χ0n) is 15.9. The van der Waals surface area contributed by atoms with E-state index in [0.29, 0.717) is 24.4 Å². The molecule has 0 spiro atoms. The van der Waals surface area contributed by atoms with Crippen molar-refractivity contribution in [3.63, 3.8) is 0 Å². The van der Waals surface area contributed by atoms with E-state index in [4.69, 9.17) is 9.15 Å². The van der Waals surface area contributed by atoms with E-state index in [0.717, 1.165) is 30.7 Å². The Morgan fingerprint density at radius 1 is 1.19 bits per heavy atom. The predicted molar refractivity (Wildman–Crippen MR) is 103 cm³/mol. The molecular weight excluding hydrogens is 344 g/mol. The summed E-state index contributed by atoms with van der Waals surface area (Å²) in [6.45, 7) is 5.31. The fourth-order valence-electron chi connectivity index (χ4n) is 3.18. The number of benzene rings is 1. The molecule has 1 unspecified atom stereocenters. The Morgan fingerprint density at radius 3 is 2.59 bits per heavy atom. The lowest BCUT2D eigenvalue weighted by Crippen LogP contribution is -2.39. The molecule has 1 N–H and O–H groups in total. The highest BCUT2D eigenvalue weighted by molar-refractivity contribution is 5.96. The summed E-state index contributed by atoms with van der Waals surface area (Å²) in [5.74, 6) is 0.342. The van der Waals surface area contributed by atoms with Gasteiger partial charge in [0.2, 0.25) is 5.91 Å². The average molecular weight is 370 g/mol. The maximum Gasteiger partial charge on any atom is 0.257 e. The average Bonchev–Trinajstić information content (AvgIpc) is 3.31. The Hall–Kier alpha value is -2.60. The van der Waals surface area contributed by atoms with Crippen LogP contribution in [0.25, 0.3) is 0 Å². The number of nitrogens with zero attached hydrogens (tertiary/aromatic N) is 1. The number of hydrogen-bond acceptors (Lipinski definition) is 4. The topological polar surface area (TPSA) is 71.8 Å². The minimum Gasteiger partial charge on any atom is -0.469 e. The smallest absolute Gasteiger partial charge is 0.257 e. The first-order chi connectivity index (χ1) is 13.0. The lowest BCUT2D eigenvalue weighted by atomic mass is 10.1. The molecule has 1 aromatic carbocycles. The monoisotopic (exact) mass is 370 g/mol. The summed E-state index contributed by atoms with van der Waals surface area (Å²) >= 11 is 0. The minimum absolute atomic E-state index is 0.0290. The second-order valence-electron chi connectivity index (χ2n) is 6.94. The second-order valence-corrected chi connectivity index (χ2v) is 6.94. The van der Waals surface area contributed by atoms with E-state index in [1.807, 2.05) is 31.2 Å². The summed E-state index contributed by atoms with van der Waals surface area (Å²) < 4.78 is 10.9. The fourth-order valence-corrected chi connectivity index (χ4v) is 3.18. The van der Waals surface area contributed by atoms with Crippen molar-refractivity contribution in [2.24, 2.45) is 0 Å². The van der Waals surface area contributed by atoms with Crippen molar-refractivity contribution < 1.29 is 18.7 Å². The van der Waals surface area contributed by atoms with Crippen LogP contribution in [0.2, 0.25) is 0 Å². The van der Waals surface area contributed by atoms with Crippen LogP contribution in [0.1, 0.15) is 40.9 Å². The number of anilines is 1. The molecule has 27 heavy (non-hydrogen) atoms. The first kappa shape index (κ1) is 19.2. The summed E-state index contributed by atoms with van der Waals surface area (Å²) in [6.07, 6.45) is 3.70. The van der Waals surface area contributed by atoms with Crippen LogP contribution in [0, 0.1) is 13.8 Å². The number of amides is 2. The molecule has 0 aliphatic carbocycles. The van der Waals surface area contributed by atoms with Crippen molar-refractivity contribution >= 4 is 17.5 Å². The SMILES string of the molecule is Cc1ccc(NC(=O)CCN(CC2CCCO2)C(=O)c2ccoc2C)cc1. The van der Waals surface area contributed by atoms with Gasteiger partial charge in [0.15, 0.2) is 0 Å². The third-order valence-corrected chi connectivity index (χ3v) is 4.77. The Kier molecular flexibility index (Phi) is 6.29. The largest absolute Gasteiger partial charge is 0.469 e. The zero-order valence-corrected chi connectivity index (χ0v) is 15.9. The molecule has 6 nitrogen and oxygen atoms in total. The highest BCUT2D eigenvalue weighted by atomic mass is 16.5. The number of hydrogen-bond donors (Lipinski definition) is 1. The van der Waals surface area contributed by atoms with Crippen LogP contribution in [-0.4, -0.2) is 42.5 Å². The molecule has 1 atom stereocenters. The number of aryl methyl sites for hydroxylation is 2. The third-order valence-electron chi connectivity index (χ3n) is 4.77. The van der Waals surface area contributed by atoms with Crippen LogP contribution in [0.3, 0.4) is 0 Å². The Labute approximate surface area is 159 Å². The molecule has 6 heteroatoms. The van der Waals surface area contributed by atoms with Gasteiger partial charge >= 0.3 is 0 Å². The molecule has 144 valence electrons. The Balaban J connectivity index is 1.61. The van der Waals surface area contributed by atoms with E-state index in [1.165, 1.54) is 6.26 Å². The second kappa shape index (κ2) is 8.86. The van der Waals surface area contributed by atoms with Crippen LogP contribution in [0.15, 0.2) is 41.0 Å². The van der Waals surface area contributed by atoms with Crippen molar-refractivity contribution in [1.29, 1.82) is 0 Å². The summed E-state index contributed by atoms with van der Waals surface area (Å²) in [5, 5.41) is 2.88. The molecule has 1 aliphatic heterocycles. The number of rotatable bonds is 7. The van der Waals surface area contributed by atoms with Crippen LogP contribution < -0.4 is 5.32 Å². The van der Waals surface area contributed by atoms with E-state index < -0.39 is 0 Å². The molecule has 1 aliphatic rings. The first-order valence-corrected chi connectivity index (χ1v) is 9.34. The fraction of sp³-hybridized carbons (Fsp3) is 0.429. The lowest BCUT2D eigenvalue weighted by Gasteiger charge is -2.25. The van der Waals surface area contributed by atoms with E-state index >= 15 is 0 Å². The third kappa shape index (κ3) is 5.20. The Bertz CT molecular complexity index is 776. The van der Waals surface area contributed by atoms with Crippen molar-refractivity contribution in [1.82, 2.24) is 4.90 Å². The van der Waals surface area contributed by atoms with Gasteiger partial charge in [-0.25, -0.2) is 0 Å². The summed E-state index contributed by atoms with van der Waals surface area (Å²) in [6, 6.07) is 9.32. The van der Waals surface area contributed by atoms with E-state index in [-0.39, 0.29) is 24.3 Å². The van der Waals surface area contributed by atoms with Gasteiger partial charge in [-0.3, -0.25) is 9.59 Å². The number of ether oxygens (including phenoxy) is 1. The maximum atomic E-state index is 12.9. The minimum atomic E-state index is -0.125. The number of furan rings is 1. The quantitative estimate of drug-likeness (QED) is 0.809. The van der Waals surface area contributed by atoms with Gasteiger partial charge in [0.05, 0.1) is 17.9 Å². The molecule has 0 radical (unpaired) electrons. The van der Waals surface area contributed by atoms with Gasteiger partial charge in [0.25, 0.3) is 5.91 Å². The van der Waals surface area contributed by atoms with E-state index in [1.54, 1.807) is 17.9 Å². The number of nitrogens with one attached hydrogen (secondary N) is 1. The van der Waals surface area contributed by atoms with Gasteiger partial charge in [-0.1, -0.05) is 17.7 Å². The van der Waals surface area contributed by atoms with E-state index in [2.05, 4.69) is 5.32 Å². The van der Waals surface area contributed by atoms with Gasteiger partial charge in [0, 0.05) is 31.8 Å². The first-order valence-electron chi connectivity index (χ1n) is 9.34. The van der Waals surface area contributed by atoms with Gasteiger partial charge < -0.3 is 19.4 Å². The zero-order chi connectivity index (χ0) is 19.2.